The smallest absolute Gasteiger partial charge is 0.0899 e. The highest BCUT2D eigenvalue weighted by Gasteiger charge is 2.01. The zero-order valence-corrected chi connectivity index (χ0v) is 7.58. The maximum absolute atomic E-state index is 4.32. The van der Waals surface area contributed by atoms with Crippen molar-refractivity contribution in [3.63, 3.8) is 0 Å². The fraction of sp³-hybridized carbons (Fsp3) is 0. The van der Waals surface area contributed by atoms with Crippen LogP contribution >= 0.6 is 11.3 Å². The summed E-state index contributed by atoms with van der Waals surface area (Å²) in [5, 5.41) is 3.26. The van der Waals surface area contributed by atoms with Crippen molar-refractivity contribution in [3.05, 3.63) is 36.0 Å². The highest BCUT2D eigenvalue weighted by Crippen LogP contribution is 2.26. The van der Waals surface area contributed by atoms with E-state index in [4.69, 9.17) is 0 Å². The normalized spacial score (nSPS) is 11.1. The number of hydrogen-bond acceptors (Lipinski definition) is 3. The van der Waals surface area contributed by atoms with Gasteiger partial charge in [0, 0.05) is 11.6 Å². The Kier molecular flexibility index (Phi) is 1.34. The molecule has 0 saturated heterocycles. The summed E-state index contributed by atoms with van der Waals surface area (Å²) in [6, 6.07) is 6.08. The standard InChI is InChI=1S/C10H6N2S/c1-2-7-9(11-4-1)6-12-8-3-5-13-10(7)8/h1-6H. The predicted octanol–water partition coefficient (Wildman–Crippen LogP) is 2.84. The number of aromatic nitrogens is 2. The van der Waals surface area contributed by atoms with Crippen molar-refractivity contribution in [2.45, 2.75) is 0 Å². The first kappa shape index (κ1) is 6.97. The Morgan fingerprint density at radius 1 is 1.08 bits per heavy atom. The number of nitrogens with zero attached hydrogens (tertiary/aromatic N) is 2. The Morgan fingerprint density at radius 3 is 3.08 bits per heavy atom. The third-order valence-electron chi connectivity index (χ3n) is 2.05. The predicted molar refractivity (Wildman–Crippen MR) is 54.9 cm³/mol. The van der Waals surface area contributed by atoms with Crippen LogP contribution in [0.2, 0.25) is 0 Å². The molecule has 0 radical (unpaired) electrons. The molecule has 0 spiro atoms. The Labute approximate surface area is 78.9 Å². The van der Waals surface area contributed by atoms with E-state index in [1.807, 2.05) is 18.3 Å². The second kappa shape index (κ2) is 2.50. The average Bonchev–Trinajstić information content (AvgIpc) is 2.65. The first-order valence-corrected chi connectivity index (χ1v) is 4.90. The number of rotatable bonds is 0. The third kappa shape index (κ3) is 0.939. The van der Waals surface area contributed by atoms with E-state index < -0.39 is 0 Å². The number of fused-ring (bicyclic) bond motifs is 3. The van der Waals surface area contributed by atoms with Crippen molar-refractivity contribution in [2.24, 2.45) is 0 Å². The quantitative estimate of drug-likeness (QED) is 0.539. The summed E-state index contributed by atoms with van der Waals surface area (Å²) in [4.78, 5) is 8.57. The molecule has 2 nitrogen and oxygen atoms in total. The maximum Gasteiger partial charge on any atom is 0.0899 e. The molecule has 3 aromatic heterocycles. The summed E-state index contributed by atoms with van der Waals surface area (Å²) < 4.78 is 1.23. The lowest BCUT2D eigenvalue weighted by atomic mass is 10.2. The molecule has 3 heterocycles. The van der Waals surface area contributed by atoms with Gasteiger partial charge in [0.05, 0.1) is 21.9 Å². The number of thiophene rings is 1. The molecular weight excluding hydrogens is 180 g/mol. The van der Waals surface area contributed by atoms with Crippen molar-refractivity contribution in [3.8, 4) is 0 Å². The lowest BCUT2D eigenvalue weighted by molar-refractivity contribution is 1.36. The highest BCUT2D eigenvalue weighted by atomic mass is 32.1. The molecule has 3 rings (SSSR count). The SMILES string of the molecule is c1cnc2cnc3ccsc3c2c1. The molecule has 0 saturated carbocycles. The number of pyridine rings is 2. The van der Waals surface area contributed by atoms with Crippen molar-refractivity contribution < 1.29 is 0 Å². The largest absolute Gasteiger partial charge is 0.255 e. The Morgan fingerprint density at radius 2 is 2.08 bits per heavy atom. The van der Waals surface area contributed by atoms with Crippen molar-refractivity contribution in [2.75, 3.05) is 0 Å². The minimum absolute atomic E-state index is 0.970. The zero-order chi connectivity index (χ0) is 8.67. The molecule has 0 aliphatic rings. The molecule has 3 heteroatoms. The molecule has 0 N–H and O–H groups in total. The van der Waals surface area contributed by atoms with Gasteiger partial charge in [0.1, 0.15) is 0 Å². The van der Waals surface area contributed by atoms with Crippen molar-refractivity contribution in [1.82, 2.24) is 9.97 Å². The van der Waals surface area contributed by atoms with Gasteiger partial charge in [-0.25, -0.2) is 0 Å². The molecule has 0 aliphatic heterocycles. The van der Waals surface area contributed by atoms with Gasteiger partial charge in [0.15, 0.2) is 0 Å². The van der Waals surface area contributed by atoms with Crippen LogP contribution < -0.4 is 0 Å². The summed E-state index contributed by atoms with van der Waals surface area (Å²) >= 11 is 1.71. The summed E-state index contributed by atoms with van der Waals surface area (Å²) in [5.74, 6) is 0. The highest BCUT2D eigenvalue weighted by molar-refractivity contribution is 7.18. The third-order valence-corrected chi connectivity index (χ3v) is 2.99. The first-order chi connectivity index (χ1) is 6.45. The second-order valence-corrected chi connectivity index (χ2v) is 3.75. The van der Waals surface area contributed by atoms with Crippen LogP contribution in [0.15, 0.2) is 36.0 Å². The van der Waals surface area contributed by atoms with E-state index in [2.05, 4.69) is 21.4 Å². The summed E-state index contributed by atoms with van der Waals surface area (Å²) in [6.45, 7) is 0. The van der Waals surface area contributed by atoms with Crippen molar-refractivity contribution >= 4 is 32.5 Å². The lowest BCUT2D eigenvalue weighted by Gasteiger charge is -1.95. The van der Waals surface area contributed by atoms with Gasteiger partial charge in [-0.15, -0.1) is 11.3 Å². The Hall–Kier alpha value is -1.48. The van der Waals surface area contributed by atoms with Crippen LogP contribution in [0.1, 0.15) is 0 Å². The van der Waals surface area contributed by atoms with Crippen molar-refractivity contribution in [1.29, 1.82) is 0 Å². The molecule has 13 heavy (non-hydrogen) atoms. The zero-order valence-electron chi connectivity index (χ0n) is 6.77. The molecule has 0 aromatic carbocycles. The van der Waals surface area contributed by atoms with Gasteiger partial charge < -0.3 is 0 Å². The van der Waals surface area contributed by atoms with Gasteiger partial charge in [-0.1, -0.05) is 0 Å². The van der Waals surface area contributed by atoms with E-state index in [1.54, 1.807) is 17.5 Å². The summed E-state index contributed by atoms with van der Waals surface area (Å²) in [5.41, 5.74) is 2.03. The summed E-state index contributed by atoms with van der Waals surface area (Å²) in [7, 11) is 0. The van der Waals surface area contributed by atoms with E-state index in [9.17, 15) is 0 Å². The number of hydrogen-bond donors (Lipinski definition) is 0. The average molecular weight is 186 g/mol. The fourth-order valence-corrected chi connectivity index (χ4v) is 2.32. The van der Waals surface area contributed by atoms with Gasteiger partial charge >= 0.3 is 0 Å². The molecule has 0 aliphatic carbocycles. The molecule has 0 fully saturated rings. The van der Waals surface area contributed by atoms with Crippen LogP contribution in [0.25, 0.3) is 21.1 Å². The first-order valence-electron chi connectivity index (χ1n) is 4.02. The van der Waals surface area contributed by atoms with Crippen LogP contribution in [0.4, 0.5) is 0 Å². The van der Waals surface area contributed by atoms with Crippen LogP contribution in [0.3, 0.4) is 0 Å². The van der Waals surface area contributed by atoms with Gasteiger partial charge in [-0.2, -0.15) is 0 Å². The fourth-order valence-electron chi connectivity index (χ4n) is 1.45. The van der Waals surface area contributed by atoms with Gasteiger partial charge in [-0.3, -0.25) is 9.97 Å². The molecule has 0 unspecified atom stereocenters. The van der Waals surface area contributed by atoms with E-state index in [0.717, 1.165) is 11.0 Å². The minimum atomic E-state index is 0.970. The lowest BCUT2D eigenvalue weighted by Crippen LogP contribution is -1.79. The monoisotopic (exact) mass is 186 g/mol. The van der Waals surface area contributed by atoms with E-state index in [1.165, 1.54) is 10.1 Å². The maximum atomic E-state index is 4.32. The van der Waals surface area contributed by atoms with Gasteiger partial charge in [0.2, 0.25) is 0 Å². The molecule has 0 bridgehead atoms. The molecule has 3 aromatic rings. The van der Waals surface area contributed by atoms with Gasteiger partial charge in [-0.05, 0) is 23.6 Å². The molecule has 62 valence electrons. The topological polar surface area (TPSA) is 25.8 Å². The molecule has 0 amide bonds. The van der Waals surface area contributed by atoms with E-state index in [-0.39, 0.29) is 0 Å². The van der Waals surface area contributed by atoms with Crippen LogP contribution in [0.5, 0.6) is 0 Å². The van der Waals surface area contributed by atoms with Crippen LogP contribution in [-0.2, 0) is 0 Å². The van der Waals surface area contributed by atoms with E-state index >= 15 is 0 Å². The van der Waals surface area contributed by atoms with E-state index in [0.29, 0.717) is 0 Å². The van der Waals surface area contributed by atoms with Crippen LogP contribution in [-0.4, -0.2) is 9.97 Å². The molecular formula is C10H6N2S. The minimum Gasteiger partial charge on any atom is -0.255 e. The molecule has 0 atom stereocenters. The van der Waals surface area contributed by atoms with Crippen LogP contribution in [0, 0.1) is 0 Å². The Balaban J connectivity index is 2.65. The summed E-state index contributed by atoms with van der Waals surface area (Å²) in [6.07, 6.45) is 3.62. The Bertz CT molecular complexity index is 571. The second-order valence-electron chi connectivity index (χ2n) is 2.83. The van der Waals surface area contributed by atoms with Gasteiger partial charge in [0.25, 0.3) is 0 Å².